The van der Waals surface area contributed by atoms with Crippen LogP contribution < -0.4 is 5.48 Å². The molecule has 4 nitrogen and oxygen atoms in total. The van der Waals surface area contributed by atoms with Crippen LogP contribution in [-0.4, -0.2) is 26.2 Å². The Hall–Kier alpha value is -0.870. The molecule has 0 aliphatic heterocycles. The Bertz CT molecular complexity index is 204. The van der Waals surface area contributed by atoms with Gasteiger partial charge in [0.15, 0.2) is 0 Å². The minimum Gasteiger partial charge on any atom is -0.381 e. The van der Waals surface area contributed by atoms with Crippen LogP contribution in [0, 0.1) is 5.92 Å². The van der Waals surface area contributed by atoms with Gasteiger partial charge in [0.1, 0.15) is 0 Å². The summed E-state index contributed by atoms with van der Waals surface area (Å²) in [5.74, 6) is -0.0160. The molecular formula is C10H19NO3. The van der Waals surface area contributed by atoms with E-state index in [0.717, 1.165) is 0 Å². The van der Waals surface area contributed by atoms with Crippen molar-refractivity contribution < 1.29 is 14.4 Å². The minimum absolute atomic E-state index is 0.113. The monoisotopic (exact) mass is 201 g/mol. The fourth-order valence-electron chi connectivity index (χ4n) is 1.04. The molecule has 0 bridgehead atoms. The SMILES string of the molecule is C=C(CC(C)[C@@H](C)OC)C(=O)NOC. The molecule has 0 spiro atoms. The van der Waals surface area contributed by atoms with E-state index >= 15 is 0 Å². The second-order valence-electron chi connectivity index (χ2n) is 3.36. The Kier molecular flexibility index (Phi) is 6.16. The number of ether oxygens (including phenoxy) is 1. The van der Waals surface area contributed by atoms with Gasteiger partial charge < -0.3 is 4.74 Å². The molecular weight excluding hydrogens is 182 g/mol. The van der Waals surface area contributed by atoms with E-state index in [1.54, 1.807) is 7.11 Å². The van der Waals surface area contributed by atoms with E-state index < -0.39 is 0 Å². The maximum Gasteiger partial charge on any atom is 0.270 e. The van der Waals surface area contributed by atoms with Gasteiger partial charge in [-0.2, -0.15) is 0 Å². The predicted octanol–water partition coefficient (Wildman–Crippen LogP) is 1.28. The summed E-state index contributed by atoms with van der Waals surface area (Å²) in [5.41, 5.74) is 2.73. The quantitative estimate of drug-likeness (QED) is 0.520. The van der Waals surface area contributed by atoms with Crippen LogP contribution in [0.4, 0.5) is 0 Å². The Labute approximate surface area is 85.2 Å². The van der Waals surface area contributed by atoms with E-state index in [9.17, 15) is 4.79 Å². The third-order valence-corrected chi connectivity index (χ3v) is 2.26. The second kappa shape index (κ2) is 6.56. The molecule has 2 atom stereocenters. The summed E-state index contributed by atoms with van der Waals surface area (Å²) in [5, 5.41) is 0. The topological polar surface area (TPSA) is 47.6 Å². The lowest BCUT2D eigenvalue weighted by atomic mass is 9.97. The molecule has 82 valence electrons. The first-order valence-electron chi connectivity index (χ1n) is 4.56. The van der Waals surface area contributed by atoms with Crippen molar-refractivity contribution in [3.05, 3.63) is 12.2 Å². The number of rotatable bonds is 6. The van der Waals surface area contributed by atoms with Crippen LogP contribution in [-0.2, 0) is 14.4 Å². The molecule has 0 saturated carbocycles. The molecule has 0 aromatic carbocycles. The van der Waals surface area contributed by atoms with Gasteiger partial charge in [-0.05, 0) is 19.3 Å². The molecule has 0 aliphatic carbocycles. The van der Waals surface area contributed by atoms with Crippen molar-refractivity contribution in [3.8, 4) is 0 Å². The summed E-state index contributed by atoms with van der Waals surface area (Å²) < 4.78 is 5.15. The summed E-state index contributed by atoms with van der Waals surface area (Å²) in [6, 6.07) is 0. The molecule has 0 radical (unpaired) electrons. The minimum atomic E-state index is -0.275. The third kappa shape index (κ3) is 4.39. The van der Waals surface area contributed by atoms with Gasteiger partial charge >= 0.3 is 0 Å². The van der Waals surface area contributed by atoms with Crippen molar-refractivity contribution in [2.24, 2.45) is 5.92 Å². The van der Waals surface area contributed by atoms with E-state index in [-0.39, 0.29) is 17.9 Å². The van der Waals surface area contributed by atoms with Gasteiger partial charge in [-0.15, -0.1) is 0 Å². The first kappa shape index (κ1) is 13.1. The lowest BCUT2D eigenvalue weighted by molar-refractivity contribution is -0.127. The van der Waals surface area contributed by atoms with Gasteiger partial charge in [0, 0.05) is 12.7 Å². The maximum atomic E-state index is 11.2. The van der Waals surface area contributed by atoms with Crippen molar-refractivity contribution in [2.45, 2.75) is 26.4 Å². The number of nitrogens with one attached hydrogen (secondary N) is 1. The standard InChI is InChI=1S/C10H19NO3/c1-7(9(3)13-4)6-8(2)10(12)11-14-5/h7,9H,2,6H2,1,3-5H3,(H,11,12)/t7?,9-/m1/s1. The molecule has 0 fully saturated rings. The van der Waals surface area contributed by atoms with Gasteiger partial charge in [-0.3, -0.25) is 9.63 Å². The zero-order valence-electron chi connectivity index (χ0n) is 9.29. The van der Waals surface area contributed by atoms with Crippen LogP contribution >= 0.6 is 0 Å². The van der Waals surface area contributed by atoms with Crippen LogP contribution in [0.1, 0.15) is 20.3 Å². The van der Waals surface area contributed by atoms with Gasteiger partial charge in [0.2, 0.25) is 0 Å². The van der Waals surface area contributed by atoms with Crippen LogP contribution in [0.3, 0.4) is 0 Å². The first-order chi connectivity index (χ1) is 6.52. The normalized spacial score (nSPS) is 14.6. The van der Waals surface area contributed by atoms with Crippen molar-refractivity contribution in [3.63, 3.8) is 0 Å². The molecule has 0 aliphatic rings. The molecule has 14 heavy (non-hydrogen) atoms. The largest absolute Gasteiger partial charge is 0.381 e. The summed E-state index contributed by atoms with van der Waals surface area (Å²) in [6.07, 6.45) is 0.714. The zero-order valence-corrected chi connectivity index (χ0v) is 9.29. The molecule has 1 unspecified atom stereocenters. The number of hydrogen-bond donors (Lipinski definition) is 1. The van der Waals surface area contributed by atoms with E-state index in [1.807, 2.05) is 13.8 Å². The fraction of sp³-hybridized carbons (Fsp3) is 0.700. The lowest BCUT2D eigenvalue weighted by Crippen LogP contribution is -2.26. The summed E-state index contributed by atoms with van der Waals surface area (Å²) in [4.78, 5) is 15.7. The van der Waals surface area contributed by atoms with E-state index in [0.29, 0.717) is 12.0 Å². The summed E-state index contributed by atoms with van der Waals surface area (Å²) in [6.45, 7) is 7.66. The lowest BCUT2D eigenvalue weighted by Gasteiger charge is -2.18. The van der Waals surface area contributed by atoms with E-state index in [2.05, 4.69) is 16.9 Å². The molecule has 1 N–H and O–H groups in total. The smallest absolute Gasteiger partial charge is 0.270 e. The highest BCUT2D eigenvalue weighted by Gasteiger charge is 2.15. The Morgan fingerprint density at radius 3 is 2.43 bits per heavy atom. The highest BCUT2D eigenvalue weighted by atomic mass is 16.6. The average Bonchev–Trinajstić information content (AvgIpc) is 2.16. The molecule has 0 aromatic rings. The average molecular weight is 201 g/mol. The second-order valence-corrected chi connectivity index (χ2v) is 3.36. The molecule has 0 saturated heterocycles. The first-order valence-corrected chi connectivity index (χ1v) is 4.56. The number of hydrogen-bond acceptors (Lipinski definition) is 3. The van der Waals surface area contributed by atoms with Gasteiger partial charge in [-0.25, -0.2) is 5.48 Å². The fourth-order valence-corrected chi connectivity index (χ4v) is 1.04. The Balaban J connectivity index is 3.99. The van der Waals surface area contributed by atoms with Gasteiger partial charge in [0.05, 0.1) is 13.2 Å². The predicted molar refractivity (Wildman–Crippen MR) is 54.5 cm³/mol. The highest BCUT2D eigenvalue weighted by molar-refractivity contribution is 5.91. The molecule has 4 heteroatoms. The van der Waals surface area contributed by atoms with Crippen molar-refractivity contribution in [2.75, 3.05) is 14.2 Å². The molecule has 0 aromatic heterocycles. The van der Waals surface area contributed by atoms with Crippen molar-refractivity contribution in [1.82, 2.24) is 5.48 Å². The Morgan fingerprint density at radius 1 is 1.43 bits per heavy atom. The van der Waals surface area contributed by atoms with E-state index in [1.165, 1.54) is 7.11 Å². The summed E-state index contributed by atoms with van der Waals surface area (Å²) >= 11 is 0. The number of carbonyl (C=O) groups excluding carboxylic acids is 1. The van der Waals surface area contributed by atoms with E-state index in [4.69, 9.17) is 4.74 Å². The van der Waals surface area contributed by atoms with Crippen LogP contribution in [0.2, 0.25) is 0 Å². The molecule has 0 rings (SSSR count). The van der Waals surface area contributed by atoms with Gasteiger partial charge in [-0.1, -0.05) is 13.5 Å². The maximum absolute atomic E-state index is 11.2. The number of hydroxylamine groups is 1. The van der Waals surface area contributed by atoms with Crippen LogP contribution in [0.25, 0.3) is 0 Å². The van der Waals surface area contributed by atoms with Crippen molar-refractivity contribution >= 4 is 5.91 Å². The summed E-state index contributed by atoms with van der Waals surface area (Å²) in [7, 11) is 3.05. The number of methoxy groups -OCH3 is 1. The van der Waals surface area contributed by atoms with Crippen LogP contribution in [0.15, 0.2) is 12.2 Å². The van der Waals surface area contributed by atoms with Gasteiger partial charge in [0.25, 0.3) is 5.91 Å². The zero-order chi connectivity index (χ0) is 11.1. The van der Waals surface area contributed by atoms with Crippen LogP contribution in [0.5, 0.6) is 0 Å². The third-order valence-electron chi connectivity index (χ3n) is 2.26. The number of amides is 1. The highest BCUT2D eigenvalue weighted by Crippen LogP contribution is 2.15. The molecule has 0 heterocycles. The van der Waals surface area contributed by atoms with Crippen molar-refractivity contribution in [1.29, 1.82) is 0 Å². The number of carbonyl (C=O) groups is 1. The Morgan fingerprint density at radius 2 is 2.00 bits per heavy atom. The molecule has 1 amide bonds.